The first kappa shape index (κ1) is 13.1. The first-order chi connectivity index (χ1) is 9.42. The van der Waals surface area contributed by atoms with Crippen molar-refractivity contribution in [1.82, 2.24) is 15.1 Å². The third kappa shape index (κ3) is 3.56. The quantitative estimate of drug-likeness (QED) is 0.877. The molecule has 0 spiro atoms. The Bertz CT molecular complexity index is 375. The maximum absolute atomic E-state index is 3.38. The van der Waals surface area contributed by atoms with Gasteiger partial charge in [-0.2, -0.15) is 0 Å². The summed E-state index contributed by atoms with van der Waals surface area (Å²) < 4.78 is 0. The van der Waals surface area contributed by atoms with Crippen LogP contribution in [0.3, 0.4) is 0 Å². The van der Waals surface area contributed by atoms with Crippen LogP contribution in [0.25, 0.3) is 0 Å². The van der Waals surface area contributed by atoms with Crippen LogP contribution in [-0.2, 0) is 6.42 Å². The molecular formula is C16H25N3. The predicted octanol–water partition coefficient (Wildman–Crippen LogP) is 1.21. The molecule has 2 saturated heterocycles. The molecule has 0 atom stereocenters. The number of rotatable bonds is 4. The minimum Gasteiger partial charge on any atom is -0.314 e. The summed E-state index contributed by atoms with van der Waals surface area (Å²) in [6.45, 7) is 8.65. The molecule has 3 heteroatoms. The van der Waals surface area contributed by atoms with E-state index in [9.17, 15) is 0 Å². The number of hydrogen-bond acceptors (Lipinski definition) is 3. The van der Waals surface area contributed by atoms with Gasteiger partial charge in [0.2, 0.25) is 0 Å². The van der Waals surface area contributed by atoms with Gasteiger partial charge in [0.15, 0.2) is 0 Å². The number of nitrogens with zero attached hydrogens (tertiary/aromatic N) is 2. The summed E-state index contributed by atoms with van der Waals surface area (Å²) in [6.07, 6.45) is 2.51. The molecule has 0 amide bonds. The fourth-order valence-electron chi connectivity index (χ4n) is 3.04. The second-order valence-electron chi connectivity index (χ2n) is 5.78. The third-order valence-electron chi connectivity index (χ3n) is 4.46. The van der Waals surface area contributed by atoms with Gasteiger partial charge in [-0.3, -0.25) is 4.90 Å². The molecule has 2 aliphatic rings. The van der Waals surface area contributed by atoms with Gasteiger partial charge in [0.05, 0.1) is 0 Å². The lowest BCUT2D eigenvalue weighted by molar-refractivity contribution is 0.149. The Balaban J connectivity index is 1.44. The van der Waals surface area contributed by atoms with Gasteiger partial charge in [0.1, 0.15) is 0 Å². The van der Waals surface area contributed by atoms with Crippen LogP contribution in [-0.4, -0.2) is 61.7 Å². The Morgan fingerprint density at radius 2 is 1.84 bits per heavy atom. The highest BCUT2D eigenvalue weighted by molar-refractivity contribution is 5.14. The summed E-state index contributed by atoms with van der Waals surface area (Å²) >= 11 is 0. The summed E-state index contributed by atoms with van der Waals surface area (Å²) in [5.74, 6) is 0. The first-order valence-corrected chi connectivity index (χ1v) is 7.63. The Morgan fingerprint density at radius 1 is 1.00 bits per heavy atom. The fourth-order valence-corrected chi connectivity index (χ4v) is 3.04. The van der Waals surface area contributed by atoms with Gasteiger partial charge in [-0.05, 0) is 31.5 Å². The number of nitrogens with one attached hydrogen (secondary N) is 1. The van der Waals surface area contributed by atoms with E-state index in [1.54, 1.807) is 0 Å². The van der Waals surface area contributed by atoms with E-state index in [2.05, 4.69) is 45.4 Å². The Kier molecular flexibility index (Phi) is 4.49. The van der Waals surface area contributed by atoms with Crippen molar-refractivity contribution in [2.45, 2.75) is 18.9 Å². The zero-order valence-corrected chi connectivity index (χ0v) is 11.7. The molecular weight excluding hydrogens is 234 g/mol. The van der Waals surface area contributed by atoms with Crippen molar-refractivity contribution in [1.29, 1.82) is 0 Å². The summed E-state index contributed by atoms with van der Waals surface area (Å²) in [5, 5.41) is 3.38. The molecule has 0 aliphatic carbocycles. The van der Waals surface area contributed by atoms with Gasteiger partial charge in [0.25, 0.3) is 0 Å². The Labute approximate surface area is 116 Å². The zero-order valence-electron chi connectivity index (χ0n) is 11.7. The summed E-state index contributed by atoms with van der Waals surface area (Å²) in [7, 11) is 0. The lowest BCUT2D eigenvalue weighted by Gasteiger charge is -2.37. The highest BCUT2D eigenvalue weighted by Crippen LogP contribution is 2.11. The van der Waals surface area contributed by atoms with Crippen LogP contribution in [0, 0.1) is 0 Å². The average molecular weight is 259 g/mol. The van der Waals surface area contributed by atoms with Gasteiger partial charge >= 0.3 is 0 Å². The lowest BCUT2D eigenvalue weighted by atomic mass is 10.1. The van der Waals surface area contributed by atoms with E-state index < -0.39 is 0 Å². The highest BCUT2D eigenvalue weighted by Gasteiger charge is 2.25. The maximum atomic E-state index is 3.38. The maximum Gasteiger partial charge on any atom is 0.0345 e. The summed E-state index contributed by atoms with van der Waals surface area (Å²) in [6, 6.07) is 11.7. The van der Waals surface area contributed by atoms with Crippen molar-refractivity contribution < 1.29 is 0 Å². The first-order valence-electron chi connectivity index (χ1n) is 7.63. The number of benzene rings is 1. The molecule has 2 fully saturated rings. The topological polar surface area (TPSA) is 18.5 Å². The van der Waals surface area contributed by atoms with E-state index in [1.807, 2.05) is 0 Å². The molecule has 1 aromatic rings. The van der Waals surface area contributed by atoms with Crippen molar-refractivity contribution >= 4 is 0 Å². The van der Waals surface area contributed by atoms with Crippen molar-refractivity contribution in [3.05, 3.63) is 35.9 Å². The molecule has 0 bridgehead atoms. The molecule has 2 aliphatic heterocycles. The van der Waals surface area contributed by atoms with Crippen LogP contribution in [0.2, 0.25) is 0 Å². The summed E-state index contributed by atoms with van der Waals surface area (Å²) in [5.41, 5.74) is 1.46. The lowest BCUT2D eigenvalue weighted by Crippen LogP contribution is -2.57. The molecule has 3 rings (SSSR count). The highest BCUT2D eigenvalue weighted by atomic mass is 15.3. The van der Waals surface area contributed by atoms with Gasteiger partial charge in [-0.15, -0.1) is 0 Å². The monoisotopic (exact) mass is 259 g/mol. The minimum absolute atomic E-state index is 0.814. The van der Waals surface area contributed by atoms with Gasteiger partial charge in [-0.1, -0.05) is 30.3 Å². The molecule has 1 N–H and O–H groups in total. The second-order valence-corrected chi connectivity index (χ2v) is 5.78. The van der Waals surface area contributed by atoms with Gasteiger partial charge in [-0.25, -0.2) is 0 Å². The molecule has 0 unspecified atom stereocenters. The zero-order chi connectivity index (χ0) is 12.9. The van der Waals surface area contributed by atoms with E-state index in [1.165, 1.54) is 64.2 Å². The molecule has 0 radical (unpaired) electrons. The van der Waals surface area contributed by atoms with E-state index in [0.717, 1.165) is 6.04 Å². The fraction of sp³-hybridized carbons (Fsp3) is 0.625. The normalized spacial score (nSPS) is 22.9. The van der Waals surface area contributed by atoms with E-state index in [0.29, 0.717) is 0 Å². The van der Waals surface area contributed by atoms with Crippen LogP contribution in [0.5, 0.6) is 0 Å². The molecule has 3 nitrogen and oxygen atoms in total. The molecule has 0 saturated carbocycles. The van der Waals surface area contributed by atoms with Crippen molar-refractivity contribution in [2.24, 2.45) is 0 Å². The Hall–Kier alpha value is -0.900. The standard InChI is InChI=1S/C16H25N3/c1-2-5-15(6-3-1)7-10-18-8-4-9-19(12-11-18)16-13-17-14-16/h1-3,5-6,16-17H,4,7-14H2. The SMILES string of the molecule is c1ccc(CCN2CCCN(C3CNC3)CC2)cc1. The molecule has 19 heavy (non-hydrogen) atoms. The van der Waals surface area contributed by atoms with E-state index in [4.69, 9.17) is 0 Å². The van der Waals surface area contributed by atoms with Crippen LogP contribution in [0.1, 0.15) is 12.0 Å². The largest absolute Gasteiger partial charge is 0.314 e. The molecule has 104 valence electrons. The molecule has 0 aromatic heterocycles. The van der Waals surface area contributed by atoms with Crippen LogP contribution >= 0.6 is 0 Å². The second kappa shape index (κ2) is 6.51. The smallest absolute Gasteiger partial charge is 0.0345 e. The van der Waals surface area contributed by atoms with E-state index in [-0.39, 0.29) is 0 Å². The van der Waals surface area contributed by atoms with Gasteiger partial charge < -0.3 is 10.2 Å². The summed E-state index contributed by atoms with van der Waals surface area (Å²) in [4.78, 5) is 5.32. The molecule has 1 aromatic carbocycles. The van der Waals surface area contributed by atoms with Crippen molar-refractivity contribution in [2.75, 3.05) is 45.8 Å². The van der Waals surface area contributed by atoms with E-state index >= 15 is 0 Å². The van der Waals surface area contributed by atoms with Crippen molar-refractivity contribution in [3.63, 3.8) is 0 Å². The Morgan fingerprint density at radius 3 is 2.58 bits per heavy atom. The van der Waals surface area contributed by atoms with Crippen LogP contribution in [0.15, 0.2) is 30.3 Å². The molecule has 2 heterocycles. The number of hydrogen-bond donors (Lipinski definition) is 1. The average Bonchev–Trinajstić information content (AvgIpc) is 2.62. The third-order valence-corrected chi connectivity index (χ3v) is 4.46. The van der Waals surface area contributed by atoms with Gasteiger partial charge in [0, 0.05) is 38.8 Å². The van der Waals surface area contributed by atoms with Crippen LogP contribution in [0.4, 0.5) is 0 Å². The van der Waals surface area contributed by atoms with Crippen molar-refractivity contribution in [3.8, 4) is 0 Å². The predicted molar refractivity (Wildman–Crippen MR) is 79.4 cm³/mol. The minimum atomic E-state index is 0.814. The van der Waals surface area contributed by atoms with Crippen LogP contribution < -0.4 is 5.32 Å².